The molecule has 10 rings (SSSR count). The molecular formula is C43H25N3O2. The van der Waals surface area contributed by atoms with Gasteiger partial charge in [-0.05, 0) is 58.3 Å². The summed E-state index contributed by atoms with van der Waals surface area (Å²) in [6, 6.07) is 51.6. The number of hydrogen-bond donors (Lipinski definition) is 0. The zero-order chi connectivity index (χ0) is 31.6. The Morgan fingerprint density at radius 3 is 1.67 bits per heavy atom. The Labute approximate surface area is 274 Å². The number of hydrogen-bond acceptors (Lipinski definition) is 5. The lowest BCUT2D eigenvalue weighted by molar-refractivity contribution is 0.669. The topological polar surface area (TPSA) is 65.0 Å². The van der Waals surface area contributed by atoms with Gasteiger partial charge in [0.15, 0.2) is 17.5 Å². The van der Waals surface area contributed by atoms with Crippen LogP contribution >= 0.6 is 0 Å². The summed E-state index contributed by atoms with van der Waals surface area (Å²) in [5.41, 5.74) is 8.11. The molecule has 0 atom stereocenters. The maximum atomic E-state index is 6.52. The zero-order valence-electron chi connectivity index (χ0n) is 25.6. The Balaban J connectivity index is 1.26. The Morgan fingerprint density at radius 2 is 0.917 bits per heavy atom. The predicted octanol–water partition coefficient (Wildman–Crippen LogP) is 11.5. The highest BCUT2D eigenvalue weighted by Crippen LogP contribution is 2.42. The third-order valence-electron chi connectivity index (χ3n) is 9.11. The zero-order valence-corrected chi connectivity index (χ0v) is 25.6. The fraction of sp³-hybridized carbons (Fsp3) is 0. The smallest absolute Gasteiger partial charge is 0.164 e. The second-order valence-electron chi connectivity index (χ2n) is 12.0. The van der Waals surface area contributed by atoms with Crippen LogP contribution in [0.15, 0.2) is 160 Å². The van der Waals surface area contributed by atoms with Crippen molar-refractivity contribution in [3.8, 4) is 45.3 Å². The average Bonchev–Trinajstić information content (AvgIpc) is 3.73. The van der Waals surface area contributed by atoms with Crippen molar-refractivity contribution >= 4 is 54.6 Å². The van der Waals surface area contributed by atoms with Crippen molar-refractivity contribution in [3.63, 3.8) is 0 Å². The van der Waals surface area contributed by atoms with Crippen LogP contribution in [-0.4, -0.2) is 15.0 Å². The molecule has 0 aliphatic carbocycles. The minimum atomic E-state index is 0.576. The fourth-order valence-corrected chi connectivity index (χ4v) is 6.86. The molecule has 224 valence electrons. The lowest BCUT2D eigenvalue weighted by Gasteiger charge is -2.11. The summed E-state index contributed by atoms with van der Waals surface area (Å²) in [5, 5.41) is 6.65. The van der Waals surface area contributed by atoms with E-state index in [9.17, 15) is 0 Å². The Kier molecular flexibility index (Phi) is 5.81. The maximum absolute atomic E-state index is 6.52. The van der Waals surface area contributed by atoms with Crippen molar-refractivity contribution in [3.05, 3.63) is 152 Å². The highest BCUT2D eigenvalue weighted by Gasteiger charge is 2.20. The summed E-state index contributed by atoms with van der Waals surface area (Å²) in [7, 11) is 0. The van der Waals surface area contributed by atoms with Gasteiger partial charge in [0.2, 0.25) is 0 Å². The molecule has 0 spiro atoms. The molecule has 48 heavy (non-hydrogen) atoms. The summed E-state index contributed by atoms with van der Waals surface area (Å²) in [6.45, 7) is 0. The summed E-state index contributed by atoms with van der Waals surface area (Å²) in [6.07, 6.45) is 0. The molecule has 0 aliphatic rings. The molecule has 10 aromatic rings. The van der Waals surface area contributed by atoms with Crippen LogP contribution in [0.5, 0.6) is 0 Å². The first kappa shape index (κ1) is 26.6. The minimum absolute atomic E-state index is 0.576. The number of furan rings is 2. The quantitative estimate of drug-likeness (QED) is 0.197. The Morgan fingerprint density at radius 1 is 0.333 bits per heavy atom. The number of aromatic nitrogens is 3. The second-order valence-corrected chi connectivity index (χ2v) is 12.0. The van der Waals surface area contributed by atoms with Crippen molar-refractivity contribution in [2.45, 2.75) is 0 Å². The molecular weight excluding hydrogens is 590 g/mol. The molecule has 0 aliphatic heterocycles. The fourth-order valence-electron chi connectivity index (χ4n) is 6.86. The van der Waals surface area contributed by atoms with Crippen LogP contribution in [0, 0.1) is 0 Å². The van der Waals surface area contributed by atoms with Crippen LogP contribution in [0.2, 0.25) is 0 Å². The van der Waals surface area contributed by atoms with Crippen molar-refractivity contribution in [2.75, 3.05) is 0 Å². The SMILES string of the molecule is c1ccc(-c2nc(-c3ccccc3)nc(-c3cc(-c4ccc5oc6ccc7ccccc7c6c5c4)c4c(c3)oc3ccccc34)n2)cc1. The normalized spacial score (nSPS) is 11.8. The van der Waals surface area contributed by atoms with Crippen LogP contribution in [0.25, 0.3) is 99.9 Å². The van der Waals surface area contributed by atoms with Gasteiger partial charge < -0.3 is 8.83 Å². The number of para-hydroxylation sites is 1. The average molecular weight is 616 g/mol. The van der Waals surface area contributed by atoms with Crippen LogP contribution in [0.1, 0.15) is 0 Å². The van der Waals surface area contributed by atoms with Gasteiger partial charge in [0, 0.05) is 38.2 Å². The molecule has 0 unspecified atom stereocenters. The molecule has 0 N–H and O–H groups in total. The molecule has 0 saturated carbocycles. The largest absolute Gasteiger partial charge is 0.456 e. The molecule has 5 heteroatoms. The lowest BCUT2D eigenvalue weighted by Crippen LogP contribution is -2.00. The van der Waals surface area contributed by atoms with E-state index in [1.54, 1.807) is 0 Å². The van der Waals surface area contributed by atoms with Gasteiger partial charge >= 0.3 is 0 Å². The highest BCUT2D eigenvalue weighted by molar-refractivity contribution is 6.20. The van der Waals surface area contributed by atoms with Crippen LogP contribution < -0.4 is 0 Å². The van der Waals surface area contributed by atoms with Crippen molar-refractivity contribution < 1.29 is 8.83 Å². The first-order valence-corrected chi connectivity index (χ1v) is 15.9. The lowest BCUT2D eigenvalue weighted by atomic mass is 9.95. The summed E-state index contributed by atoms with van der Waals surface area (Å²) >= 11 is 0. The first-order valence-electron chi connectivity index (χ1n) is 15.9. The van der Waals surface area contributed by atoms with E-state index in [1.165, 1.54) is 10.8 Å². The van der Waals surface area contributed by atoms with Gasteiger partial charge in [0.05, 0.1) is 0 Å². The van der Waals surface area contributed by atoms with E-state index in [1.807, 2.05) is 72.8 Å². The minimum Gasteiger partial charge on any atom is -0.456 e. The Hall–Kier alpha value is -6.59. The first-order chi connectivity index (χ1) is 23.8. The summed E-state index contributed by atoms with van der Waals surface area (Å²) in [5.74, 6) is 1.81. The van der Waals surface area contributed by atoms with E-state index in [2.05, 4.69) is 78.9 Å². The van der Waals surface area contributed by atoms with Crippen molar-refractivity contribution in [2.24, 2.45) is 0 Å². The number of fused-ring (bicyclic) bond motifs is 8. The van der Waals surface area contributed by atoms with Gasteiger partial charge in [-0.2, -0.15) is 0 Å². The number of rotatable bonds is 4. The van der Waals surface area contributed by atoms with E-state index >= 15 is 0 Å². The van der Waals surface area contributed by atoms with E-state index in [0.29, 0.717) is 17.5 Å². The van der Waals surface area contributed by atoms with Gasteiger partial charge in [-0.15, -0.1) is 0 Å². The molecule has 3 aromatic heterocycles. The van der Waals surface area contributed by atoms with Gasteiger partial charge in [-0.3, -0.25) is 0 Å². The van der Waals surface area contributed by atoms with E-state index in [4.69, 9.17) is 23.8 Å². The highest BCUT2D eigenvalue weighted by atomic mass is 16.3. The van der Waals surface area contributed by atoms with Gasteiger partial charge in [0.25, 0.3) is 0 Å². The molecule has 0 amide bonds. The molecule has 0 bridgehead atoms. The van der Waals surface area contributed by atoms with E-state index in [-0.39, 0.29) is 0 Å². The van der Waals surface area contributed by atoms with Gasteiger partial charge in [0.1, 0.15) is 22.3 Å². The Bertz CT molecular complexity index is 2780. The molecule has 5 nitrogen and oxygen atoms in total. The molecule has 0 fully saturated rings. The third kappa shape index (κ3) is 4.22. The molecule has 0 radical (unpaired) electrons. The number of nitrogens with zero attached hydrogens (tertiary/aromatic N) is 3. The second kappa shape index (κ2) is 10.5. The monoisotopic (exact) mass is 615 g/mol. The van der Waals surface area contributed by atoms with E-state index in [0.717, 1.165) is 71.7 Å². The summed E-state index contributed by atoms with van der Waals surface area (Å²) in [4.78, 5) is 15.0. The maximum Gasteiger partial charge on any atom is 0.164 e. The number of benzene rings is 7. The van der Waals surface area contributed by atoms with Crippen LogP contribution in [0.3, 0.4) is 0 Å². The standard InChI is InChI=1S/C43H25N3O2/c1-3-12-27(13-4-1)41-44-42(28-14-5-2-6-15-28)46-43(45-41)30-24-33(40-32-17-9-10-18-35(32)48-38(40)25-30)29-20-21-36-34(23-29)39-31-16-8-7-11-26(31)19-22-37(39)47-36/h1-25H. The molecule has 3 heterocycles. The van der Waals surface area contributed by atoms with Crippen LogP contribution in [0.4, 0.5) is 0 Å². The molecule has 0 saturated heterocycles. The third-order valence-corrected chi connectivity index (χ3v) is 9.11. The van der Waals surface area contributed by atoms with Crippen molar-refractivity contribution in [1.29, 1.82) is 0 Å². The van der Waals surface area contributed by atoms with Gasteiger partial charge in [-0.25, -0.2) is 15.0 Å². The molecule has 7 aromatic carbocycles. The predicted molar refractivity (Wildman–Crippen MR) is 194 cm³/mol. The van der Waals surface area contributed by atoms with Gasteiger partial charge in [-0.1, -0.05) is 115 Å². The summed E-state index contributed by atoms with van der Waals surface area (Å²) < 4.78 is 12.9. The van der Waals surface area contributed by atoms with Crippen LogP contribution in [-0.2, 0) is 0 Å². The van der Waals surface area contributed by atoms with E-state index < -0.39 is 0 Å². The van der Waals surface area contributed by atoms with Crippen molar-refractivity contribution in [1.82, 2.24) is 15.0 Å².